The third-order valence-corrected chi connectivity index (χ3v) is 5.25. The lowest BCUT2D eigenvalue weighted by Crippen LogP contribution is -2.28. The molecule has 2 heterocycles. The first-order valence-electron chi connectivity index (χ1n) is 9.06. The summed E-state index contributed by atoms with van der Waals surface area (Å²) < 4.78 is 8.05. The maximum absolute atomic E-state index is 12.7. The number of para-hydroxylation sites is 3. The van der Waals surface area contributed by atoms with Crippen LogP contribution in [-0.2, 0) is 6.54 Å². The Morgan fingerprint density at radius 3 is 2.85 bits per heavy atom. The van der Waals surface area contributed by atoms with Gasteiger partial charge in [-0.05, 0) is 32.0 Å². The zero-order valence-electron chi connectivity index (χ0n) is 15.3. The molecule has 3 aromatic rings. The van der Waals surface area contributed by atoms with Gasteiger partial charge in [-0.2, -0.15) is 0 Å². The Kier molecular flexibility index (Phi) is 4.15. The van der Waals surface area contributed by atoms with E-state index >= 15 is 0 Å². The second kappa shape index (κ2) is 6.48. The molecule has 1 aliphatic rings. The molecule has 1 N–H and O–H groups in total. The number of nitrogens with zero attached hydrogens (tertiary/aromatic N) is 2. The van der Waals surface area contributed by atoms with E-state index in [9.17, 15) is 4.79 Å². The highest BCUT2D eigenvalue weighted by atomic mass is 16.5. The molecule has 0 spiro atoms. The topological polar surface area (TPSA) is 56.2 Å². The maximum atomic E-state index is 12.7. The van der Waals surface area contributed by atoms with Crippen molar-refractivity contribution in [1.82, 2.24) is 14.9 Å². The lowest BCUT2D eigenvalue weighted by Gasteiger charge is -2.11. The van der Waals surface area contributed by atoms with Gasteiger partial charge in [0.05, 0.1) is 16.6 Å². The van der Waals surface area contributed by atoms with E-state index in [0.717, 1.165) is 28.2 Å². The SMILES string of the molecule is Cc1nc2ccccc2n1CCNC(=O)c1cccc2c1OC(C)C2C. The van der Waals surface area contributed by atoms with Crippen molar-refractivity contribution in [1.29, 1.82) is 0 Å². The second-order valence-electron chi connectivity index (χ2n) is 6.89. The Morgan fingerprint density at radius 1 is 1.19 bits per heavy atom. The van der Waals surface area contributed by atoms with Gasteiger partial charge in [0.1, 0.15) is 17.7 Å². The molecule has 134 valence electrons. The number of aryl methyl sites for hydroxylation is 1. The van der Waals surface area contributed by atoms with E-state index in [0.29, 0.717) is 24.6 Å². The lowest BCUT2D eigenvalue weighted by atomic mass is 9.97. The Labute approximate surface area is 153 Å². The standard InChI is InChI=1S/C21H23N3O2/c1-13-14(2)26-20-16(13)7-6-8-17(20)21(25)22-11-12-24-15(3)23-18-9-4-5-10-19(18)24/h4-10,13-14H,11-12H2,1-3H3,(H,22,25). The molecule has 2 atom stereocenters. The minimum atomic E-state index is -0.0924. The monoisotopic (exact) mass is 349 g/mol. The zero-order chi connectivity index (χ0) is 18.3. The molecular formula is C21H23N3O2. The molecule has 0 radical (unpaired) electrons. The number of rotatable bonds is 4. The first kappa shape index (κ1) is 16.6. The second-order valence-corrected chi connectivity index (χ2v) is 6.89. The van der Waals surface area contributed by atoms with Crippen LogP contribution in [0.3, 0.4) is 0 Å². The van der Waals surface area contributed by atoms with Crippen LogP contribution >= 0.6 is 0 Å². The number of imidazole rings is 1. The van der Waals surface area contributed by atoms with Crippen molar-refractivity contribution in [2.75, 3.05) is 6.54 Å². The zero-order valence-corrected chi connectivity index (χ0v) is 15.3. The number of nitrogens with one attached hydrogen (secondary N) is 1. The first-order chi connectivity index (χ1) is 12.6. The fraction of sp³-hybridized carbons (Fsp3) is 0.333. The summed E-state index contributed by atoms with van der Waals surface area (Å²) in [7, 11) is 0. The van der Waals surface area contributed by atoms with Gasteiger partial charge in [0.2, 0.25) is 0 Å². The van der Waals surface area contributed by atoms with Crippen LogP contribution in [0.5, 0.6) is 5.75 Å². The summed E-state index contributed by atoms with van der Waals surface area (Å²) >= 11 is 0. The fourth-order valence-electron chi connectivity index (χ4n) is 3.62. The number of ether oxygens (including phenoxy) is 1. The van der Waals surface area contributed by atoms with Crippen molar-refractivity contribution in [2.45, 2.75) is 39.3 Å². The van der Waals surface area contributed by atoms with E-state index in [1.807, 2.05) is 50.2 Å². The number of hydrogen-bond acceptors (Lipinski definition) is 3. The number of benzene rings is 2. The highest BCUT2D eigenvalue weighted by Crippen LogP contribution is 2.40. The van der Waals surface area contributed by atoms with Crippen LogP contribution in [0.4, 0.5) is 0 Å². The van der Waals surface area contributed by atoms with E-state index in [2.05, 4.69) is 27.9 Å². The molecule has 26 heavy (non-hydrogen) atoms. The van der Waals surface area contributed by atoms with E-state index in [1.165, 1.54) is 0 Å². The number of aromatic nitrogens is 2. The predicted molar refractivity (Wildman–Crippen MR) is 102 cm³/mol. The molecule has 2 unspecified atom stereocenters. The number of hydrogen-bond donors (Lipinski definition) is 1. The van der Waals surface area contributed by atoms with Crippen LogP contribution in [0.25, 0.3) is 11.0 Å². The molecule has 0 aliphatic carbocycles. The van der Waals surface area contributed by atoms with Gasteiger partial charge >= 0.3 is 0 Å². The molecule has 1 aromatic heterocycles. The summed E-state index contributed by atoms with van der Waals surface area (Å²) in [5.41, 5.74) is 3.80. The van der Waals surface area contributed by atoms with Gasteiger partial charge < -0.3 is 14.6 Å². The van der Waals surface area contributed by atoms with Crippen LogP contribution in [-0.4, -0.2) is 28.1 Å². The minimum absolute atomic E-state index is 0.0924. The Hall–Kier alpha value is -2.82. The molecule has 1 amide bonds. The van der Waals surface area contributed by atoms with Crippen LogP contribution in [0.1, 0.15) is 41.5 Å². The molecule has 0 saturated heterocycles. The van der Waals surface area contributed by atoms with Gasteiger partial charge in [-0.1, -0.05) is 31.2 Å². The van der Waals surface area contributed by atoms with Gasteiger partial charge in [-0.25, -0.2) is 4.98 Å². The average molecular weight is 349 g/mol. The number of amides is 1. The normalized spacial score (nSPS) is 18.6. The van der Waals surface area contributed by atoms with Crippen LogP contribution in [0.15, 0.2) is 42.5 Å². The number of carbonyl (C=O) groups is 1. The molecular weight excluding hydrogens is 326 g/mol. The third kappa shape index (κ3) is 2.73. The van der Waals surface area contributed by atoms with Crippen molar-refractivity contribution in [3.63, 3.8) is 0 Å². The third-order valence-electron chi connectivity index (χ3n) is 5.25. The van der Waals surface area contributed by atoms with Crippen molar-refractivity contribution in [3.8, 4) is 5.75 Å². The Balaban J connectivity index is 1.48. The molecule has 0 saturated carbocycles. The molecule has 5 nitrogen and oxygen atoms in total. The van der Waals surface area contributed by atoms with Crippen molar-refractivity contribution >= 4 is 16.9 Å². The summed E-state index contributed by atoms with van der Waals surface area (Å²) in [6.45, 7) is 7.38. The molecule has 2 aromatic carbocycles. The summed E-state index contributed by atoms with van der Waals surface area (Å²) in [5.74, 6) is 1.89. The Bertz CT molecular complexity index is 977. The predicted octanol–water partition coefficient (Wildman–Crippen LogP) is 3.66. The molecule has 4 rings (SSSR count). The van der Waals surface area contributed by atoms with Gasteiger partial charge in [0.15, 0.2) is 0 Å². The number of carbonyl (C=O) groups excluding carboxylic acids is 1. The molecule has 5 heteroatoms. The van der Waals surface area contributed by atoms with Crippen molar-refractivity contribution in [2.24, 2.45) is 0 Å². The van der Waals surface area contributed by atoms with Crippen LogP contribution < -0.4 is 10.1 Å². The summed E-state index contributed by atoms with van der Waals surface area (Å²) in [6, 6.07) is 13.9. The van der Waals surface area contributed by atoms with Gasteiger partial charge in [0, 0.05) is 24.6 Å². The van der Waals surface area contributed by atoms with Crippen LogP contribution in [0.2, 0.25) is 0 Å². The van der Waals surface area contributed by atoms with Gasteiger partial charge in [0.25, 0.3) is 5.91 Å². The van der Waals surface area contributed by atoms with Crippen molar-refractivity contribution in [3.05, 3.63) is 59.4 Å². The minimum Gasteiger partial charge on any atom is -0.489 e. The molecule has 1 aliphatic heterocycles. The Morgan fingerprint density at radius 2 is 2.00 bits per heavy atom. The highest BCUT2D eigenvalue weighted by molar-refractivity contribution is 5.97. The van der Waals surface area contributed by atoms with Gasteiger partial charge in [-0.3, -0.25) is 4.79 Å². The van der Waals surface area contributed by atoms with E-state index in [1.54, 1.807) is 0 Å². The number of fused-ring (bicyclic) bond motifs is 2. The summed E-state index contributed by atoms with van der Waals surface area (Å²) in [4.78, 5) is 17.2. The summed E-state index contributed by atoms with van der Waals surface area (Å²) in [6.07, 6.45) is 0.0962. The van der Waals surface area contributed by atoms with Gasteiger partial charge in [-0.15, -0.1) is 0 Å². The first-order valence-corrected chi connectivity index (χ1v) is 9.06. The van der Waals surface area contributed by atoms with Crippen LogP contribution in [0, 0.1) is 6.92 Å². The quantitative estimate of drug-likeness (QED) is 0.782. The maximum Gasteiger partial charge on any atom is 0.255 e. The smallest absolute Gasteiger partial charge is 0.255 e. The fourth-order valence-corrected chi connectivity index (χ4v) is 3.62. The average Bonchev–Trinajstić information content (AvgIpc) is 3.11. The highest BCUT2D eigenvalue weighted by Gasteiger charge is 2.30. The van der Waals surface area contributed by atoms with E-state index < -0.39 is 0 Å². The molecule has 0 fully saturated rings. The van der Waals surface area contributed by atoms with E-state index in [4.69, 9.17) is 4.74 Å². The largest absolute Gasteiger partial charge is 0.489 e. The molecule has 0 bridgehead atoms. The summed E-state index contributed by atoms with van der Waals surface area (Å²) in [5, 5.41) is 3.02. The van der Waals surface area contributed by atoms with E-state index in [-0.39, 0.29) is 12.0 Å². The lowest BCUT2D eigenvalue weighted by molar-refractivity contribution is 0.0947. The van der Waals surface area contributed by atoms with Crippen molar-refractivity contribution < 1.29 is 9.53 Å².